The zero-order valence-electron chi connectivity index (χ0n) is 39.3. The van der Waals surface area contributed by atoms with E-state index >= 15 is 0 Å². The number of ether oxygens (including phenoxy) is 7. The van der Waals surface area contributed by atoms with E-state index in [4.69, 9.17) is 33.2 Å². The predicted octanol–water partition coefficient (Wildman–Crippen LogP) is 3.39. The Balaban J connectivity index is 1.45. The molecule has 1 amide bonds. The van der Waals surface area contributed by atoms with Gasteiger partial charge in [0.2, 0.25) is 5.91 Å². The number of pyridine rings is 1. The number of hydrogen-bond acceptors (Lipinski definition) is 15. The van der Waals surface area contributed by atoms with Crippen LogP contribution in [0.4, 0.5) is 0 Å². The minimum absolute atomic E-state index is 0.123. The van der Waals surface area contributed by atoms with Crippen molar-refractivity contribution in [3.8, 4) is 0 Å². The monoisotopic (exact) mass is 877 g/mol. The molecule has 4 aliphatic heterocycles. The molecule has 62 heavy (non-hydrogen) atoms. The molecule has 0 aliphatic carbocycles. The number of nitrogens with zero attached hydrogens (tertiary/aromatic N) is 2. The third kappa shape index (κ3) is 10.9. The average molecular weight is 877 g/mol. The third-order valence-corrected chi connectivity index (χ3v) is 14.1. The Hall–Kier alpha value is -2.64. The van der Waals surface area contributed by atoms with Gasteiger partial charge in [0.1, 0.15) is 12.2 Å². The van der Waals surface area contributed by atoms with E-state index < -0.39 is 95.6 Å². The fourth-order valence-corrected chi connectivity index (χ4v) is 10.6. The molecule has 16 nitrogen and oxygen atoms in total. The zero-order valence-corrected chi connectivity index (χ0v) is 39.3. The van der Waals surface area contributed by atoms with Crippen molar-refractivity contribution >= 4 is 17.7 Å². The van der Waals surface area contributed by atoms with Crippen molar-refractivity contribution in [2.75, 3.05) is 34.3 Å². The van der Waals surface area contributed by atoms with E-state index in [9.17, 15) is 24.6 Å². The molecule has 4 N–H and O–H groups in total. The highest BCUT2D eigenvalue weighted by molar-refractivity contribution is 5.92. The highest BCUT2D eigenvalue weighted by atomic mass is 16.7. The smallest absolute Gasteiger partial charge is 0.311 e. The second-order valence-corrected chi connectivity index (χ2v) is 19.4. The fourth-order valence-electron chi connectivity index (χ4n) is 10.6. The molecule has 1 aromatic rings. The number of esters is 1. The lowest BCUT2D eigenvalue weighted by Gasteiger charge is -2.49. The van der Waals surface area contributed by atoms with E-state index in [2.05, 4.69) is 15.6 Å². The van der Waals surface area contributed by atoms with E-state index in [0.717, 1.165) is 5.69 Å². The summed E-state index contributed by atoms with van der Waals surface area (Å²) in [4.78, 5) is 48.5. The number of ketones is 1. The number of methoxy groups -OCH3 is 1. The Labute approximate surface area is 368 Å². The summed E-state index contributed by atoms with van der Waals surface area (Å²) in [5.41, 5.74) is -3.20. The number of hydrogen-bond donors (Lipinski definition) is 4. The Kier molecular flexibility index (Phi) is 16.8. The normalized spacial score (nSPS) is 43.3. The van der Waals surface area contributed by atoms with Crippen molar-refractivity contribution in [1.82, 2.24) is 20.5 Å². The standard InChI is InChI=1S/C46H76N4O12/c1-14-33-46(10)39(52)27(4)37(62-46)25(2)22-44(8,55)40(61-43-36(51)32(50(11)12)21-26(3)57-43)28(5)38(29(6)42(54)59-33)60-34-23-45(9,56-13)35(30(7)58-34)41(53)49-20-19-47-24-31-17-15-16-18-48-31/h15-18,25-30,32-38,40,43,47,51,55H,14,19-24H2,1-13H3,(H,49,53)/t25-,26-,27+,28+,29-,30+,32+,33-,34+,35?,36-,37+,38+,40-,43?,44-,45-,46?/m1/s1. The molecular formula is C46H76N4O12. The van der Waals surface area contributed by atoms with Crippen LogP contribution in [0.2, 0.25) is 0 Å². The van der Waals surface area contributed by atoms with Crippen LogP contribution < -0.4 is 10.6 Å². The molecule has 4 saturated heterocycles. The molecule has 0 radical (unpaired) electrons. The number of likely N-dealkylation sites (N-methyl/N-ethyl adjacent to an activating group) is 1. The van der Waals surface area contributed by atoms with Gasteiger partial charge < -0.3 is 58.9 Å². The first-order valence-corrected chi connectivity index (χ1v) is 22.6. The van der Waals surface area contributed by atoms with Crippen LogP contribution in [0.25, 0.3) is 0 Å². The second kappa shape index (κ2) is 20.7. The largest absolute Gasteiger partial charge is 0.459 e. The number of cyclic esters (lactones) is 1. The molecule has 2 bridgehead atoms. The van der Waals surface area contributed by atoms with Gasteiger partial charge in [0.05, 0.1) is 59.3 Å². The Morgan fingerprint density at radius 2 is 1.71 bits per heavy atom. The van der Waals surface area contributed by atoms with Crippen LogP contribution in [0.3, 0.4) is 0 Å². The summed E-state index contributed by atoms with van der Waals surface area (Å²) in [6, 6.07) is 5.42. The first kappa shape index (κ1) is 50.4. The lowest BCUT2D eigenvalue weighted by Crippen LogP contribution is -2.61. The fraction of sp³-hybridized carbons (Fsp3) is 0.826. The van der Waals surface area contributed by atoms with E-state index in [-0.39, 0.29) is 42.6 Å². The number of aromatic nitrogens is 1. The van der Waals surface area contributed by atoms with Crippen molar-refractivity contribution in [2.45, 2.75) is 180 Å². The van der Waals surface area contributed by atoms with Crippen molar-refractivity contribution in [3.05, 3.63) is 30.1 Å². The summed E-state index contributed by atoms with van der Waals surface area (Å²) < 4.78 is 45.4. The van der Waals surface area contributed by atoms with E-state index in [1.807, 2.05) is 78.7 Å². The number of Topliss-reactive ketones (excluding diaryl/α,β-unsaturated/α-hetero) is 1. The third-order valence-electron chi connectivity index (χ3n) is 14.1. The van der Waals surface area contributed by atoms with Gasteiger partial charge in [0.15, 0.2) is 24.0 Å². The Morgan fingerprint density at radius 3 is 2.34 bits per heavy atom. The summed E-state index contributed by atoms with van der Waals surface area (Å²) in [6.07, 6.45) is -4.85. The first-order valence-electron chi connectivity index (χ1n) is 22.6. The van der Waals surface area contributed by atoms with Crippen LogP contribution in [0.5, 0.6) is 0 Å². The van der Waals surface area contributed by atoms with Gasteiger partial charge in [0, 0.05) is 57.2 Å². The number of aliphatic hydroxyl groups excluding tert-OH is 1. The summed E-state index contributed by atoms with van der Waals surface area (Å²) in [7, 11) is 5.32. The molecule has 0 saturated carbocycles. The number of carbonyl (C=O) groups excluding carboxylic acids is 3. The van der Waals surface area contributed by atoms with Crippen molar-refractivity contribution in [3.63, 3.8) is 0 Å². The van der Waals surface area contributed by atoms with Crippen LogP contribution in [0.1, 0.15) is 101 Å². The summed E-state index contributed by atoms with van der Waals surface area (Å²) in [5, 5.41) is 30.7. The quantitative estimate of drug-likeness (QED) is 0.166. The lowest BCUT2D eigenvalue weighted by atomic mass is 9.75. The number of amides is 1. The molecule has 1 aromatic heterocycles. The number of carbonyl (C=O) groups is 3. The maximum absolute atomic E-state index is 14.5. The summed E-state index contributed by atoms with van der Waals surface area (Å²) in [6.45, 7) is 19.5. The number of rotatable bonds is 13. The Morgan fingerprint density at radius 1 is 1.00 bits per heavy atom. The molecule has 0 aromatic carbocycles. The topological polar surface area (TPSA) is 196 Å². The highest BCUT2D eigenvalue weighted by Gasteiger charge is 2.59. The number of nitrogens with one attached hydrogen (secondary N) is 2. The molecule has 5 heterocycles. The molecule has 0 spiro atoms. The summed E-state index contributed by atoms with van der Waals surface area (Å²) in [5.74, 6) is -4.38. The zero-order chi connectivity index (χ0) is 45.9. The van der Waals surface area contributed by atoms with E-state index in [1.165, 1.54) is 0 Å². The van der Waals surface area contributed by atoms with Crippen LogP contribution in [-0.2, 0) is 54.1 Å². The first-order chi connectivity index (χ1) is 29.1. The number of fused-ring (bicyclic) bond motifs is 2. The maximum Gasteiger partial charge on any atom is 0.311 e. The van der Waals surface area contributed by atoms with E-state index in [0.29, 0.717) is 32.5 Å². The maximum atomic E-state index is 14.5. The molecule has 4 fully saturated rings. The molecule has 352 valence electrons. The van der Waals surface area contributed by atoms with Gasteiger partial charge in [-0.1, -0.05) is 33.8 Å². The van der Waals surface area contributed by atoms with Gasteiger partial charge in [-0.3, -0.25) is 19.4 Å². The molecule has 16 heteroatoms. The molecule has 5 rings (SSSR count). The van der Waals surface area contributed by atoms with Crippen LogP contribution >= 0.6 is 0 Å². The van der Waals surface area contributed by atoms with Gasteiger partial charge in [-0.15, -0.1) is 0 Å². The van der Waals surface area contributed by atoms with Gasteiger partial charge in [-0.25, -0.2) is 0 Å². The van der Waals surface area contributed by atoms with Crippen LogP contribution in [0, 0.1) is 29.6 Å². The van der Waals surface area contributed by atoms with Crippen molar-refractivity contribution in [2.24, 2.45) is 29.6 Å². The SMILES string of the molecule is CC[C@H]1OC(=O)[C@H](C)[C@@H](O[C@H]2C[C@@](C)(OC)C(C(=O)NCCNCc3ccccn3)[C@H](C)O2)[C@H](C)[C@@H](OC2O[C@H](C)C[C@H](N(C)C)[C@H]2O)[C@](C)(O)C[C@@H](C)[C@@H]2OC1(C)C(=O)[C@H]2C. The van der Waals surface area contributed by atoms with Gasteiger partial charge in [-0.2, -0.15) is 0 Å². The minimum Gasteiger partial charge on any atom is -0.459 e. The van der Waals surface area contributed by atoms with Gasteiger partial charge in [0.25, 0.3) is 0 Å². The minimum atomic E-state index is -1.64. The molecular weight excluding hydrogens is 801 g/mol. The van der Waals surface area contributed by atoms with E-state index in [1.54, 1.807) is 41.0 Å². The molecule has 18 atom stereocenters. The van der Waals surface area contributed by atoms with Crippen LogP contribution in [-0.4, -0.2) is 150 Å². The predicted molar refractivity (Wildman–Crippen MR) is 229 cm³/mol. The van der Waals surface area contributed by atoms with Gasteiger partial charge in [-0.05, 0) is 93.0 Å². The average Bonchev–Trinajstić information content (AvgIpc) is 3.45. The Bertz CT molecular complexity index is 1650. The second-order valence-electron chi connectivity index (χ2n) is 19.4. The lowest BCUT2D eigenvalue weighted by molar-refractivity contribution is -0.313. The van der Waals surface area contributed by atoms with Crippen molar-refractivity contribution < 1.29 is 57.8 Å². The highest BCUT2D eigenvalue weighted by Crippen LogP contribution is 2.45. The summed E-state index contributed by atoms with van der Waals surface area (Å²) >= 11 is 0. The molecule has 3 unspecified atom stereocenters. The molecule has 4 aliphatic rings. The van der Waals surface area contributed by atoms with Crippen molar-refractivity contribution in [1.29, 1.82) is 0 Å². The van der Waals surface area contributed by atoms with Crippen LogP contribution in [0.15, 0.2) is 24.4 Å². The van der Waals surface area contributed by atoms with Gasteiger partial charge >= 0.3 is 5.97 Å². The number of aliphatic hydroxyl groups is 2.